The van der Waals surface area contributed by atoms with Crippen LogP contribution in [0.5, 0.6) is 17.2 Å². The fraction of sp³-hybridized carbons (Fsp3) is 0.345. The summed E-state index contributed by atoms with van der Waals surface area (Å²) >= 11 is 0. The molecule has 222 valence electrons. The lowest BCUT2D eigenvalue weighted by atomic mass is 9.91. The summed E-state index contributed by atoms with van der Waals surface area (Å²) in [6.45, 7) is 1.68. The zero-order chi connectivity index (χ0) is 29.9. The van der Waals surface area contributed by atoms with E-state index in [4.69, 9.17) is 18.9 Å². The maximum absolute atomic E-state index is 13.9. The van der Waals surface area contributed by atoms with Gasteiger partial charge in [0.1, 0.15) is 12.4 Å². The molecule has 0 spiro atoms. The molecule has 0 aromatic heterocycles. The SMILES string of the molecule is COc1cc2c(cc1OC)[C@H](COc1ccc([N+](=O)[O-])cc1)N(C(=O)c1ccc(S(=O)(=O)N3CCOCC3)cc1)CC2. The zero-order valence-electron chi connectivity index (χ0n) is 23.2. The highest BCUT2D eigenvalue weighted by molar-refractivity contribution is 7.89. The highest BCUT2D eigenvalue weighted by atomic mass is 32.2. The molecule has 1 fully saturated rings. The molecule has 13 heteroatoms. The lowest BCUT2D eigenvalue weighted by Gasteiger charge is -2.37. The van der Waals surface area contributed by atoms with Gasteiger partial charge < -0.3 is 23.8 Å². The van der Waals surface area contributed by atoms with Gasteiger partial charge in [0, 0.05) is 37.3 Å². The summed E-state index contributed by atoms with van der Waals surface area (Å²) in [7, 11) is -0.612. The number of nitro groups is 1. The Morgan fingerprint density at radius 3 is 2.24 bits per heavy atom. The molecule has 0 N–H and O–H groups in total. The van der Waals surface area contributed by atoms with E-state index >= 15 is 0 Å². The average Bonchev–Trinajstić information content (AvgIpc) is 3.03. The molecule has 0 radical (unpaired) electrons. The lowest BCUT2D eigenvalue weighted by molar-refractivity contribution is -0.384. The number of morpholine rings is 1. The van der Waals surface area contributed by atoms with Crippen LogP contribution >= 0.6 is 0 Å². The molecule has 1 amide bonds. The Morgan fingerprint density at radius 2 is 1.62 bits per heavy atom. The summed E-state index contributed by atoms with van der Waals surface area (Å²) in [4.78, 5) is 26.2. The van der Waals surface area contributed by atoms with Crippen LogP contribution < -0.4 is 14.2 Å². The standard InChI is InChI=1S/C29H31N3O9S/c1-38-27-17-21-11-12-31(29(33)20-3-9-24(10-4-20)42(36,37)30-13-15-40-16-14-30)26(25(21)18-28(27)39-2)19-41-23-7-5-22(6-8-23)32(34)35/h3-10,17-18,26H,11-16,19H2,1-2H3/t26-/m0/s1. The highest BCUT2D eigenvalue weighted by Crippen LogP contribution is 2.39. The van der Waals surface area contributed by atoms with Gasteiger partial charge >= 0.3 is 0 Å². The van der Waals surface area contributed by atoms with E-state index in [-0.39, 0.29) is 36.2 Å². The predicted octanol–water partition coefficient (Wildman–Crippen LogP) is 3.45. The van der Waals surface area contributed by atoms with Crippen molar-refractivity contribution in [2.75, 3.05) is 53.7 Å². The molecule has 0 aliphatic carbocycles. The third kappa shape index (κ3) is 5.89. The highest BCUT2D eigenvalue weighted by Gasteiger charge is 2.34. The summed E-state index contributed by atoms with van der Waals surface area (Å²) in [5.74, 6) is 1.20. The number of amides is 1. The molecule has 0 unspecified atom stereocenters. The maximum atomic E-state index is 13.9. The molecule has 2 aliphatic heterocycles. The number of methoxy groups -OCH3 is 2. The Kier molecular flexibility index (Phi) is 8.61. The largest absolute Gasteiger partial charge is 0.493 e. The number of nitrogens with zero attached hydrogens (tertiary/aromatic N) is 3. The Hall–Kier alpha value is -4.20. The van der Waals surface area contributed by atoms with E-state index in [1.165, 1.54) is 59.9 Å². The molecule has 3 aromatic carbocycles. The first kappa shape index (κ1) is 29.3. The number of rotatable bonds is 9. The number of sulfonamides is 1. The van der Waals surface area contributed by atoms with E-state index in [1.54, 1.807) is 12.0 Å². The zero-order valence-corrected chi connectivity index (χ0v) is 24.0. The van der Waals surface area contributed by atoms with Gasteiger partial charge in [-0.05, 0) is 66.1 Å². The molecule has 1 saturated heterocycles. The van der Waals surface area contributed by atoms with Gasteiger partial charge in [0.15, 0.2) is 11.5 Å². The second-order valence-corrected chi connectivity index (χ2v) is 11.7. The Morgan fingerprint density at radius 1 is 0.976 bits per heavy atom. The van der Waals surface area contributed by atoms with Crippen LogP contribution in [0.4, 0.5) is 5.69 Å². The van der Waals surface area contributed by atoms with Crippen LogP contribution in [0.25, 0.3) is 0 Å². The monoisotopic (exact) mass is 597 g/mol. The van der Waals surface area contributed by atoms with Gasteiger partial charge in [0.25, 0.3) is 11.6 Å². The number of benzene rings is 3. The topological polar surface area (TPSA) is 138 Å². The van der Waals surface area contributed by atoms with Crippen LogP contribution in [0.1, 0.15) is 27.5 Å². The summed E-state index contributed by atoms with van der Waals surface area (Å²) in [6, 6.07) is 14.9. The maximum Gasteiger partial charge on any atom is 0.269 e. The van der Waals surface area contributed by atoms with Crippen molar-refractivity contribution in [3.05, 3.63) is 87.5 Å². The fourth-order valence-electron chi connectivity index (χ4n) is 5.16. The van der Waals surface area contributed by atoms with E-state index in [2.05, 4.69) is 0 Å². The fourth-order valence-corrected chi connectivity index (χ4v) is 6.57. The van der Waals surface area contributed by atoms with Crippen molar-refractivity contribution in [3.8, 4) is 17.2 Å². The summed E-state index contributed by atoms with van der Waals surface area (Å²) < 4.78 is 49.8. The van der Waals surface area contributed by atoms with Gasteiger partial charge in [-0.15, -0.1) is 0 Å². The molecule has 0 bridgehead atoms. The minimum Gasteiger partial charge on any atom is -0.493 e. The molecule has 2 heterocycles. The van der Waals surface area contributed by atoms with Crippen LogP contribution in [0.15, 0.2) is 65.6 Å². The predicted molar refractivity (Wildman–Crippen MR) is 152 cm³/mol. The number of carbonyl (C=O) groups is 1. The third-order valence-electron chi connectivity index (χ3n) is 7.43. The number of ether oxygens (including phenoxy) is 4. The number of carbonyl (C=O) groups excluding carboxylic acids is 1. The minimum absolute atomic E-state index is 0.0573. The van der Waals surface area contributed by atoms with Crippen LogP contribution in [-0.2, 0) is 21.2 Å². The molecular formula is C29H31N3O9S. The van der Waals surface area contributed by atoms with E-state index in [0.29, 0.717) is 49.0 Å². The normalized spacial score (nSPS) is 17.3. The van der Waals surface area contributed by atoms with E-state index in [1.807, 2.05) is 12.1 Å². The molecule has 2 aliphatic rings. The van der Waals surface area contributed by atoms with Gasteiger partial charge in [0.05, 0.1) is 43.3 Å². The van der Waals surface area contributed by atoms with Crippen LogP contribution in [-0.4, -0.2) is 82.1 Å². The summed E-state index contributed by atoms with van der Waals surface area (Å²) in [6.07, 6.45) is 0.555. The molecule has 5 rings (SSSR count). The van der Waals surface area contributed by atoms with Crippen molar-refractivity contribution in [1.29, 1.82) is 0 Å². The first-order chi connectivity index (χ1) is 20.2. The van der Waals surface area contributed by atoms with Crippen LogP contribution in [0.2, 0.25) is 0 Å². The molecular weight excluding hydrogens is 566 g/mol. The number of nitro benzene ring substituents is 1. The minimum atomic E-state index is -3.70. The van der Waals surface area contributed by atoms with Gasteiger partial charge in [-0.1, -0.05) is 0 Å². The molecule has 1 atom stereocenters. The summed E-state index contributed by atoms with van der Waals surface area (Å²) in [5, 5.41) is 11.0. The number of non-ortho nitro benzene ring substituents is 1. The van der Waals surface area contributed by atoms with Crippen LogP contribution in [0.3, 0.4) is 0 Å². The van der Waals surface area contributed by atoms with Crippen molar-refractivity contribution in [1.82, 2.24) is 9.21 Å². The van der Waals surface area contributed by atoms with Gasteiger partial charge in [-0.25, -0.2) is 8.42 Å². The van der Waals surface area contributed by atoms with E-state index < -0.39 is 21.0 Å². The quantitative estimate of drug-likeness (QED) is 0.268. The van der Waals surface area contributed by atoms with Crippen molar-refractivity contribution in [2.45, 2.75) is 17.4 Å². The van der Waals surface area contributed by atoms with Crippen molar-refractivity contribution < 1.29 is 37.1 Å². The van der Waals surface area contributed by atoms with Gasteiger partial charge in [-0.3, -0.25) is 14.9 Å². The summed E-state index contributed by atoms with van der Waals surface area (Å²) in [5.41, 5.74) is 2.07. The van der Waals surface area contributed by atoms with Crippen molar-refractivity contribution in [3.63, 3.8) is 0 Å². The van der Waals surface area contributed by atoms with Crippen molar-refractivity contribution in [2.24, 2.45) is 0 Å². The van der Waals surface area contributed by atoms with E-state index in [9.17, 15) is 23.3 Å². The van der Waals surface area contributed by atoms with Gasteiger partial charge in [0.2, 0.25) is 10.0 Å². The first-order valence-electron chi connectivity index (χ1n) is 13.3. The number of hydrogen-bond donors (Lipinski definition) is 0. The Bertz CT molecular complexity index is 1550. The molecule has 12 nitrogen and oxygen atoms in total. The number of fused-ring (bicyclic) bond motifs is 1. The Balaban J connectivity index is 1.43. The third-order valence-corrected chi connectivity index (χ3v) is 9.34. The molecule has 3 aromatic rings. The molecule has 0 saturated carbocycles. The second-order valence-electron chi connectivity index (χ2n) is 9.77. The first-order valence-corrected chi connectivity index (χ1v) is 14.8. The van der Waals surface area contributed by atoms with Crippen LogP contribution in [0, 0.1) is 10.1 Å². The lowest BCUT2D eigenvalue weighted by Crippen LogP contribution is -2.42. The average molecular weight is 598 g/mol. The van der Waals surface area contributed by atoms with Crippen molar-refractivity contribution >= 4 is 21.6 Å². The second kappa shape index (κ2) is 12.3. The number of hydrogen-bond acceptors (Lipinski definition) is 9. The van der Waals surface area contributed by atoms with E-state index in [0.717, 1.165) is 11.1 Å². The van der Waals surface area contributed by atoms with Gasteiger partial charge in [-0.2, -0.15) is 4.31 Å². The Labute approximate surface area is 243 Å². The molecule has 42 heavy (non-hydrogen) atoms. The smallest absolute Gasteiger partial charge is 0.269 e.